The lowest BCUT2D eigenvalue weighted by molar-refractivity contribution is 0.0736. The lowest BCUT2D eigenvalue weighted by atomic mass is 10.2. The van der Waals surface area contributed by atoms with E-state index in [1.54, 1.807) is 0 Å². The molecule has 128 valence electrons. The topological polar surface area (TPSA) is 50.6 Å². The Morgan fingerprint density at radius 2 is 1.92 bits per heavy atom. The molecule has 0 aliphatic carbocycles. The molecule has 1 aliphatic heterocycles. The number of piperazine rings is 1. The second-order valence-corrected chi connectivity index (χ2v) is 5.97. The molecule has 24 heavy (non-hydrogen) atoms. The first-order valence-electron chi connectivity index (χ1n) is 8.36. The Hall–Kier alpha value is -2.50. The van der Waals surface area contributed by atoms with Crippen LogP contribution in [0.5, 0.6) is 5.88 Å². The average molecular weight is 328 g/mol. The monoisotopic (exact) mass is 328 g/mol. The van der Waals surface area contributed by atoms with Gasteiger partial charge in [0.1, 0.15) is 11.5 Å². The van der Waals surface area contributed by atoms with Gasteiger partial charge in [-0.05, 0) is 32.0 Å². The molecule has 0 spiro atoms. The number of nitrogens with zero attached hydrogens (tertiary/aromatic N) is 4. The molecule has 1 amide bonds. The van der Waals surface area contributed by atoms with E-state index in [1.807, 2.05) is 60.7 Å². The first kappa shape index (κ1) is 16.4. The van der Waals surface area contributed by atoms with Crippen molar-refractivity contribution >= 4 is 11.7 Å². The summed E-state index contributed by atoms with van der Waals surface area (Å²) >= 11 is 0. The highest BCUT2D eigenvalue weighted by Gasteiger charge is 2.24. The van der Waals surface area contributed by atoms with E-state index in [2.05, 4.69) is 9.88 Å². The van der Waals surface area contributed by atoms with E-state index in [0.29, 0.717) is 25.6 Å². The molecule has 2 aromatic rings. The molecule has 0 saturated carbocycles. The first-order valence-corrected chi connectivity index (χ1v) is 8.36. The number of anilines is 1. The van der Waals surface area contributed by atoms with Crippen molar-refractivity contribution in [3.05, 3.63) is 41.7 Å². The summed E-state index contributed by atoms with van der Waals surface area (Å²) in [5.74, 6) is 1.65. The van der Waals surface area contributed by atoms with Crippen LogP contribution in [0.25, 0.3) is 0 Å². The van der Waals surface area contributed by atoms with Crippen LogP contribution < -0.4 is 9.64 Å². The number of pyridine rings is 1. The van der Waals surface area contributed by atoms with E-state index >= 15 is 0 Å². The predicted octanol–water partition coefficient (Wildman–Crippen LogP) is 2.09. The van der Waals surface area contributed by atoms with Gasteiger partial charge in [0.25, 0.3) is 5.91 Å². The summed E-state index contributed by atoms with van der Waals surface area (Å²) in [4.78, 5) is 21.3. The molecular formula is C18H24N4O2. The number of aromatic nitrogens is 2. The van der Waals surface area contributed by atoms with Gasteiger partial charge in [-0.25, -0.2) is 0 Å². The van der Waals surface area contributed by atoms with Crippen molar-refractivity contribution in [1.29, 1.82) is 0 Å². The lowest BCUT2D eigenvalue weighted by Crippen LogP contribution is -2.49. The summed E-state index contributed by atoms with van der Waals surface area (Å²) in [6.07, 6.45) is 0. The molecule has 1 saturated heterocycles. The predicted molar refractivity (Wildman–Crippen MR) is 93.7 cm³/mol. The van der Waals surface area contributed by atoms with Crippen LogP contribution in [-0.4, -0.2) is 53.1 Å². The van der Waals surface area contributed by atoms with E-state index in [-0.39, 0.29) is 5.91 Å². The Labute approximate surface area is 142 Å². The van der Waals surface area contributed by atoms with Crippen molar-refractivity contribution in [2.45, 2.75) is 13.8 Å². The Bertz CT molecular complexity index is 718. The molecule has 3 rings (SSSR count). The minimum Gasteiger partial charge on any atom is -0.478 e. The Balaban J connectivity index is 1.64. The number of hydrogen-bond acceptors (Lipinski definition) is 4. The second kappa shape index (κ2) is 6.95. The molecule has 6 heteroatoms. The summed E-state index contributed by atoms with van der Waals surface area (Å²) in [6, 6.07) is 9.69. The minimum atomic E-state index is 0.0984. The van der Waals surface area contributed by atoms with Gasteiger partial charge in [0.15, 0.2) is 0 Å². The highest BCUT2D eigenvalue weighted by Crippen LogP contribution is 2.19. The molecule has 2 aromatic heterocycles. The molecule has 0 aromatic carbocycles. The summed E-state index contributed by atoms with van der Waals surface area (Å²) < 4.78 is 7.41. The molecule has 0 atom stereocenters. The number of rotatable bonds is 4. The molecule has 3 heterocycles. The maximum atomic E-state index is 12.7. The number of ether oxygens (including phenoxy) is 1. The van der Waals surface area contributed by atoms with Gasteiger partial charge in [-0.3, -0.25) is 4.79 Å². The summed E-state index contributed by atoms with van der Waals surface area (Å²) in [6.45, 7) is 7.51. The third-order valence-corrected chi connectivity index (χ3v) is 4.48. The fourth-order valence-electron chi connectivity index (χ4n) is 2.94. The fraction of sp³-hybridized carbons (Fsp3) is 0.444. The van der Waals surface area contributed by atoms with Gasteiger partial charge in [0.2, 0.25) is 5.88 Å². The van der Waals surface area contributed by atoms with Crippen LogP contribution in [0.4, 0.5) is 5.82 Å². The quantitative estimate of drug-likeness (QED) is 0.862. The van der Waals surface area contributed by atoms with Crippen molar-refractivity contribution in [3.8, 4) is 5.88 Å². The number of carbonyl (C=O) groups excluding carboxylic acids is 1. The van der Waals surface area contributed by atoms with Gasteiger partial charge < -0.3 is 19.1 Å². The highest BCUT2D eigenvalue weighted by molar-refractivity contribution is 5.93. The highest BCUT2D eigenvalue weighted by atomic mass is 16.5. The maximum absolute atomic E-state index is 12.7. The Kier molecular flexibility index (Phi) is 4.74. The standard InChI is InChI=1S/C18H24N4O2/c1-4-24-17-7-5-6-16(19-17)21-10-12-22(13-11-21)18(23)15-9-8-14(2)20(15)3/h5-9H,4,10-13H2,1-3H3. The fourth-order valence-corrected chi connectivity index (χ4v) is 2.94. The molecular weight excluding hydrogens is 304 g/mol. The zero-order valence-corrected chi connectivity index (χ0v) is 14.5. The van der Waals surface area contributed by atoms with Crippen LogP contribution in [0, 0.1) is 6.92 Å². The van der Waals surface area contributed by atoms with Gasteiger partial charge in [-0.15, -0.1) is 0 Å². The number of carbonyl (C=O) groups is 1. The maximum Gasteiger partial charge on any atom is 0.270 e. The third-order valence-electron chi connectivity index (χ3n) is 4.48. The Morgan fingerprint density at radius 1 is 1.17 bits per heavy atom. The number of aryl methyl sites for hydroxylation is 1. The second-order valence-electron chi connectivity index (χ2n) is 5.97. The van der Waals surface area contributed by atoms with Gasteiger partial charge in [0, 0.05) is 45.0 Å². The van der Waals surface area contributed by atoms with E-state index < -0.39 is 0 Å². The zero-order valence-electron chi connectivity index (χ0n) is 14.5. The molecule has 0 unspecified atom stereocenters. The molecule has 1 fully saturated rings. The van der Waals surface area contributed by atoms with Crippen LogP contribution in [-0.2, 0) is 7.05 Å². The average Bonchev–Trinajstić information content (AvgIpc) is 2.94. The third kappa shape index (κ3) is 3.22. The molecule has 6 nitrogen and oxygen atoms in total. The van der Waals surface area contributed by atoms with Crippen LogP contribution >= 0.6 is 0 Å². The smallest absolute Gasteiger partial charge is 0.270 e. The molecule has 0 radical (unpaired) electrons. The number of amides is 1. The lowest BCUT2D eigenvalue weighted by Gasteiger charge is -2.35. The van der Waals surface area contributed by atoms with Crippen LogP contribution in [0.3, 0.4) is 0 Å². The summed E-state index contributed by atoms with van der Waals surface area (Å²) in [5, 5.41) is 0. The van der Waals surface area contributed by atoms with Crippen LogP contribution in [0.1, 0.15) is 23.1 Å². The molecule has 0 bridgehead atoms. The van der Waals surface area contributed by atoms with E-state index in [1.165, 1.54) is 0 Å². The minimum absolute atomic E-state index is 0.0984. The first-order chi connectivity index (χ1) is 11.6. The van der Waals surface area contributed by atoms with Gasteiger partial charge >= 0.3 is 0 Å². The van der Waals surface area contributed by atoms with E-state index in [0.717, 1.165) is 30.3 Å². The van der Waals surface area contributed by atoms with E-state index in [4.69, 9.17) is 4.74 Å². The Morgan fingerprint density at radius 3 is 2.54 bits per heavy atom. The van der Waals surface area contributed by atoms with E-state index in [9.17, 15) is 4.79 Å². The normalized spacial score (nSPS) is 14.8. The van der Waals surface area contributed by atoms with Gasteiger partial charge in [-0.1, -0.05) is 6.07 Å². The van der Waals surface area contributed by atoms with Gasteiger partial charge in [-0.2, -0.15) is 4.98 Å². The molecule has 0 N–H and O–H groups in total. The van der Waals surface area contributed by atoms with Crippen molar-refractivity contribution in [3.63, 3.8) is 0 Å². The van der Waals surface area contributed by atoms with Crippen molar-refractivity contribution in [2.75, 3.05) is 37.7 Å². The van der Waals surface area contributed by atoms with Crippen molar-refractivity contribution < 1.29 is 9.53 Å². The van der Waals surface area contributed by atoms with Crippen molar-refractivity contribution in [1.82, 2.24) is 14.5 Å². The summed E-state index contributed by atoms with van der Waals surface area (Å²) in [7, 11) is 1.93. The van der Waals surface area contributed by atoms with Crippen LogP contribution in [0.2, 0.25) is 0 Å². The SMILES string of the molecule is CCOc1cccc(N2CCN(C(=O)c3ccc(C)n3C)CC2)n1. The number of hydrogen-bond donors (Lipinski definition) is 0. The summed E-state index contributed by atoms with van der Waals surface area (Å²) in [5.41, 5.74) is 1.84. The van der Waals surface area contributed by atoms with Crippen LogP contribution in [0.15, 0.2) is 30.3 Å². The van der Waals surface area contributed by atoms with Gasteiger partial charge in [0.05, 0.1) is 6.61 Å². The zero-order chi connectivity index (χ0) is 17.1. The molecule has 1 aliphatic rings. The van der Waals surface area contributed by atoms with Crippen molar-refractivity contribution in [2.24, 2.45) is 7.05 Å². The largest absolute Gasteiger partial charge is 0.478 e.